The van der Waals surface area contributed by atoms with Crippen LogP contribution in [0.4, 0.5) is 15.9 Å². The average Bonchev–Trinajstić information content (AvgIpc) is 3.08. The maximum Gasteiger partial charge on any atom is 0.224 e. The number of hydrogen-bond acceptors (Lipinski definition) is 6. The molecule has 0 bridgehead atoms. The molecule has 0 spiro atoms. The van der Waals surface area contributed by atoms with Gasteiger partial charge in [0.1, 0.15) is 11.6 Å². The lowest BCUT2D eigenvalue weighted by atomic mass is 10.1. The highest BCUT2D eigenvalue weighted by Gasteiger charge is 2.23. The molecule has 3 heterocycles. The van der Waals surface area contributed by atoms with Crippen LogP contribution in [-0.2, 0) is 4.74 Å². The normalized spacial score (nSPS) is 20.7. The molecule has 0 unspecified atom stereocenters. The minimum Gasteiger partial charge on any atom is -0.391 e. The molecule has 2 fully saturated rings. The first-order valence-corrected chi connectivity index (χ1v) is 9.08. The predicted octanol–water partition coefficient (Wildman–Crippen LogP) is 2.34. The second-order valence-electron chi connectivity index (χ2n) is 6.53. The zero-order valence-corrected chi connectivity index (χ0v) is 15.0. The van der Waals surface area contributed by atoms with Gasteiger partial charge >= 0.3 is 0 Å². The summed E-state index contributed by atoms with van der Waals surface area (Å²) in [7, 11) is 0. The Labute approximate surface area is 156 Å². The molecule has 8 heteroatoms. The van der Waals surface area contributed by atoms with E-state index >= 15 is 0 Å². The zero-order chi connectivity index (χ0) is 18.1. The summed E-state index contributed by atoms with van der Waals surface area (Å²) in [6.45, 7) is 3.78. The van der Waals surface area contributed by atoms with Crippen LogP contribution in [0.5, 0.6) is 0 Å². The third kappa shape index (κ3) is 3.60. The summed E-state index contributed by atoms with van der Waals surface area (Å²) in [5.74, 6) is 0.353. The Balaban J connectivity index is 1.62. The Morgan fingerprint density at radius 3 is 2.62 bits per heavy atom. The van der Waals surface area contributed by atoms with Gasteiger partial charge in [0.25, 0.3) is 0 Å². The lowest BCUT2D eigenvalue weighted by Gasteiger charge is -2.29. The SMILES string of the molecule is O[C@H]1CCN(c2cc(-c3ccc(N4CCOCC4)c(F)c3)nc(Cl)n2)C1. The summed E-state index contributed by atoms with van der Waals surface area (Å²) in [4.78, 5) is 12.4. The lowest BCUT2D eigenvalue weighted by Crippen LogP contribution is -2.36. The standard InChI is InChI=1S/C18H20ClFN4O2/c19-18-21-15(10-17(22-18)24-4-3-13(25)11-24)12-1-2-16(14(20)9-12)23-5-7-26-8-6-23/h1-2,9-10,13,25H,3-8,11H2/t13-/m0/s1. The van der Waals surface area contributed by atoms with Gasteiger partial charge in [0, 0.05) is 37.8 Å². The summed E-state index contributed by atoms with van der Waals surface area (Å²) in [6.07, 6.45) is 0.331. The zero-order valence-electron chi connectivity index (χ0n) is 14.2. The topological polar surface area (TPSA) is 61.7 Å². The molecule has 0 radical (unpaired) electrons. The molecule has 2 aliphatic heterocycles. The van der Waals surface area contributed by atoms with Gasteiger partial charge < -0.3 is 19.6 Å². The molecule has 0 saturated carbocycles. The third-order valence-electron chi connectivity index (χ3n) is 4.77. The van der Waals surface area contributed by atoms with Crippen LogP contribution in [-0.4, -0.2) is 60.6 Å². The molecule has 2 aliphatic rings. The number of hydrogen-bond donors (Lipinski definition) is 1. The molecule has 1 aromatic heterocycles. The van der Waals surface area contributed by atoms with Crippen molar-refractivity contribution in [1.29, 1.82) is 0 Å². The second-order valence-corrected chi connectivity index (χ2v) is 6.87. The van der Waals surface area contributed by atoms with Crippen molar-refractivity contribution in [3.63, 3.8) is 0 Å². The first kappa shape index (κ1) is 17.5. The van der Waals surface area contributed by atoms with Crippen molar-refractivity contribution in [2.45, 2.75) is 12.5 Å². The molecule has 2 aromatic rings. The number of rotatable bonds is 3. The largest absolute Gasteiger partial charge is 0.391 e. The maximum absolute atomic E-state index is 14.7. The van der Waals surface area contributed by atoms with E-state index in [0.717, 1.165) is 0 Å². The first-order chi connectivity index (χ1) is 12.6. The molecule has 4 rings (SSSR count). The number of anilines is 2. The third-order valence-corrected chi connectivity index (χ3v) is 4.94. The van der Waals surface area contributed by atoms with E-state index < -0.39 is 0 Å². The van der Waals surface area contributed by atoms with Crippen LogP contribution in [0.2, 0.25) is 5.28 Å². The summed E-state index contributed by atoms with van der Waals surface area (Å²) >= 11 is 6.08. The fourth-order valence-electron chi connectivity index (χ4n) is 3.39. The van der Waals surface area contributed by atoms with E-state index in [9.17, 15) is 9.50 Å². The number of ether oxygens (including phenoxy) is 1. The molecule has 2 saturated heterocycles. The molecule has 1 N–H and O–H groups in total. The van der Waals surface area contributed by atoms with Crippen LogP contribution in [0.25, 0.3) is 11.3 Å². The highest BCUT2D eigenvalue weighted by molar-refractivity contribution is 6.28. The van der Waals surface area contributed by atoms with E-state index in [1.54, 1.807) is 12.1 Å². The summed E-state index contributed by atoms with van der Waals surface area (Å²) in [5.41, 5.74) is 1.78. The van der Waals surface area contributed by atoms with Crippen LogP contribution >= 0.6 is 11.6 Å². The number of aliphatic hydroxyl groups excluding tert-OH is 1. The highest BCUT2D eigenvalue weighted by Crippen LogP contribution is 2.29. The van der Waals surface area contributed by atoms with Gasteiger partial charge in [0.05, 0.1) is 30.7 Å². The minimum atomic E-state index is -0.363. The monoisotopic (exact) mass is 378 g/mol. The minimum absolute atomic E-state index is 0.108. The number of halogens is 2. The van der Waals surface area contributed by atoms with Crippen molar-refractivity contribution in [3.8, 4) is 11.3 Å². The van der Waals surface area contributed by atoms with Gasteiger partial charge in [0.15, 0.2) is 0 Å². The number of β-amino-alcohol motifs (C(OH)–C–C–N with tert-alkyl or cyclic N) is 1. The smallest absolute Gasteiger partial charge is 0.224 e. The number of aliphatic hydroxyl groups is 1. The highest BCUT2D eigenvalue weighted by atomic mass is 35.5. The van der Waals surface area contributed by atoms with Gasteiger partial charge in [-0.1, -0.05) is 6.07 Å². The van der Waals surface area contributed by atoms with Crippen LogP contribution in [0.15, 0.2) is 24.3 Å². The van der Waals surface area contributed by atoms with Crippen molar-refractivity contribution in [3.05, 3.63) is 35.4 Å². The van der Waals surface area contributed by atoms with E-state index in [4.69, 9.17) is 16.3 Å². The molecular formula is C18H20ClFN4O2. The lowest BCUT2D eigenvalue weighted by molar-refractivity contribution is 0.122. The average molecular weight is 379 g/mol. The summed E-state index contributed by atoms with van der Waals surface area (Å²) in [6, 6.07) is 6.87. The maximum atomic E-state index is 14.7. The molecule has 6 nitrogen and oxygen atoms in total. The Bertz CT molecular complexity index is 801. The van der Waals surface area contributed by atoms with Crippen molar-refractivity contribution in [2.24, 2.45) is 0 Å². The van der Waals surface area contributed by atoms with Crippen molar-refractivity contribution >= 4 is 23.1 Å². The Morgan fingerprint density at radius 2 is 1.92 bits per heavy atom. The fraction of sp³-hybridized carbons (Fsp3) is 0.444. The summed E-state index contributed by atoms with van der Waals surface area (Å²) < 4.78 is 20.0. The molecule has 0 aliphatic carbocycles. The van der Waals surface area contributed by atoms with Gasteiger partial charge in [-0.15, -0.1) is 0 Å². The van der Waals surface area contributed by atoms with E-state index in [1.807, 2.05) is 15.9 Å². The van der Waals surface area contributed by atoms with Crippen molar-refractivity contribution < 1.29 is 14.2 Å². The fourth-order valence-corrected chi connectivity index (χ4v) is 3.57. The quantitative estimate of drug-likeness (QED) is 0.827. The predicted molar refractivity (Wildman–Crippen MR) is 98.3 cm³/mol. The molecular weight excluding hydrogens is 359 g/mol. The number of morpholine rings is 1. The Kier molecular flexibility index (Phi) is 4.93. The molecule has 138 valence electrons. The second kappa shape index (κ2) is 7.34. The first-order valence-electron chi connectivity index (χ1n) is 8.70. The molecule has 1 aromatic carbocycles. The molecule has 26 heavy (non-hydrogen) atoms. The number of aromatic nitrogens is 2. The van der Waals surface area contributed by atoms with E-state index in [0.29, 0.717) is 68.6 Å². The van der Waals surface area contributed by atoms with Gasteiger partial charge in [-0.2, -0.15) is 0 Å². The van der Waals surface area contributed by atoms with E-state index in [-0.39, 0.29) is 17.2 Å². The molecule has 0 amide bonds. The van der Waals surface area contributed by atoms with Crippen LogP contribution < -0.4 is 9.80 Å². The van der Waals surface area contributed by atoms with Gasteiger partial charge in [0.2, 0.25) is 5.28 Å². The number of benzene rings is 1. The number of nitrogens with zero attached hydrogens (tertiary/aromatic N) is 4. The van der Waals surface area contributed by atoms with E-state index in [2.05, 4.69) is 9.97 Å². The van der Waals surface area contributed by atoms with E-state index in [1.165, 1.54) is 6.07 Å². The van der Waals surface area contributed by atoms with Gasteiger partial charge in [-0.3, -0.25) is 0 Å². The summed E-state index contributed by atoms with van der Waals surface area (Å²) in [5, 5.41) is 9.83. The van der Waals surface area contributed by atoms with Crippen LogP contribution in [0.3, 0.4) is 0 Å². The van der Waals surface area contributed by atoms with Crippen LogP contribution in [0.1, 0.15) is 6.42 Å². The van der Waals surface area contributed by atoms with Crippen molar-refractivity contribution in [1.82, 2.24) is 9.97 Å². The van der Waals surface area contributed by atoms with Crippen molar-refractivity contribution in [2.75, 3.05) is 49.2 Å². The Hall–Kier alpha value is -1.96. The van der Waals surface area contributed by atoms with Gasteiger partial charge in [-0.25, -0.2) is 14.4 Å². The molecule has 1 atom stereocenters. The Morgan fingerprint density at radius 1 is 1.12 bits per heavy atom. The van der Waals surface area contributed by atoms with Crippen LogP contribution in [0, 0.1) is 5.82 Å². The van der Waals surface area contributed by atoms with Gasteiger partial charge in [-0.05, 0) is 30.2 Å².